The molecule has 0 spiro atoms. The number of nitrogens with zero attached hydrogens (tertiary/aromatic N) is 1. The third-order valence-electron chi connectivity index (χ3n) is 5.64. The molecule has 0 saturated heterocycles. The number of benzene rings is 1. The van der Waals surface area contributed by atoms with E-state index in [1.54, 1.807) is 13.0 Å². The zero-order chi connectivity index (χ0) is 23.0. The minimum absolute atomic E-state index is 0.0339. The van der Waals surface area contributed by atoms with Gasteiger partial charge in [0.15, 0.2) is 5.78 Å². The third-order valence-corrected chi connectivity index (χ3v) is 6.92. The van der Waals surface area contributed by atoms with Crippen LogP contribution >= 0.6 is 22.9 Å². The minimum atomic E-state index is -0.495. The van der Waals surface area contributed by atoms with Crippen molar-refractivity contribution in [1.82, 2.24) is 10.3 Å². The Morgan fingerprint density at radius 3 is 2.68 bits per heavy atom. The highest BCUT2D eigenvalue weighted by Gasteiger charge is 2.27. The van der Waals surface area contributed by atoms with Gasteiger partial charge in [-0.25, -0.2) is 4.98 Å². The number of carbonyl (C=O) groups is 3. The third kappa shape index (κ3) is 7.54. The Morgan fingerprint density at radius 2 is 2.03 bits per heavy atom. The number of halogens is 1. The second kappa shape index (κ2) is 12.1. The molecular formula is C24H31ClN2O3S. The van der Waals surface area contributed by atoms with E-state index in [9.17, 15) is 14.4 Å². The largest absolute Gasteiger partial charge is 0.353 e. The number of ketones is 2. The summed E-state index contributed by atoms with van der Waals surface area (Å²) in [6, 6.07) is 5.38. The van der Waals surface area contributed by atoms with Crippen LogP contribution in [0.25, 0.3) is 10.2 Å². The SMILES string of the molecule is C=CC(=O)CC[C@@H](NC(=O)[C@@H](CC(=O)CC)Cc1nc2ccc(Cl)cc2s1)[C@@H](C)CC. The number of carbonyl (C=O) groups excluding carboxylic acids is 3. The molecular weight excluding hydrogens is 432 g/mol. The highest BCUT2D eigenvalue weighted by molar-refractivity contribution is 7.18. The Balaban J connectivity index is 2.18. The molecule has 0 fully saturated rings. The normalized spacial score (nSPS) is 14.1. The van der Waals surface area contributed by atoms with E-state index in [2.05, 4.69) is 30.7 Å². The molecule has 0 aliphatic carbocycles. The monoisotopic (exact) mass is 462 g/mol. The van der Waals surface area contributed by atoms with Crippen molar-refractivity contribution in [2.45, 2.75) is 65.3 Å². The average molecular weight is 463 g/mol. The number of rotatable bonds is 13. The van der Waals surface area contributed by atoms with Crippen LogP contribution in [0.15, 0.2) is 30.9 Å². The molecule has 0 radical (unpaired) electrons. The van der Waals surface area contributed by atoms with E-state index in [4.69, 9.17) is 11.6 Å². The van der Waals surface area contributed by atoms with Crippen molar-refractivity contribution in [3.8, 4) is 0 Å². The second-order valence-electron chi connectivity index (χ2n) is 7.93. The molecule has 1 aromatic heterocycles. The number of amides is 1. The van der Waals surface area contributed by atoms with Crippen LogP contribution < -0.4 is 5.32 Å². The quantitative estimate of drug-likeness (QED) is 0.396. The molecule has 1 aromatic carbocycles. The van der Waals surface area contributed by atoms with Gasteiger partial charge in [0.2, 0.25) is 5.91 Å². The van der Waals surface area contributed by atoms with E-state index in [1.165, 1.54) is 17.4 Å². The number of nitrogens with one attached hydrogen (secondary N) is 1. The van der Waals surface area contributed by atoms with Crippen LogP contribution in [0.1, 0.15) is 57.9 Å². The van der Waals surface area contributed by atoms with E-state index < -0.39 is 5.92 Å². The molecule has 1 heterocycles. The van der Waals surface area contributed by atoms with Gasteiger partial charge in [0, 0.05) is 36.7 Å². The highest BCUT2D eigenvalue weighted by Crippen LogP contribution is 2.28. The summed E-state index contributed by atoms with van der Waals surface area (Å²) in [4.78, 5) is 41.7. The molecule has 0 aliphatic rings. The number of hydrogen-bond donors (Lipinski definition) is 1. The predicted octanol–water partition coefficient (Wildman–Crippen LogP) is 5.54. The van der Waals surface area contributed by atoms with Crippen LogP contribution in [0.2, 0.25) is 5.02 Å². The molecule has 3 atom stereocenters. The van der Waals surface area contributed by atoms with Gasteiger partial charge in [-0.05, 0) is 36.6 Å². The van der Waals surface area contributed by atoms with Crippen LogP contribution in [0.3, 0.4) is 0 Å². The predicted molar refractivity (Wildman–Crippen MR) is 128 cm³/mol. The summed E-state index contributed by atoms with van der Waals surface area (Å²) in [6.45, 7) is 9.44. The van der Waals surface area contributed by atoms with Gasteiger partial charge < -0.3 is 5.32 Å². The van der Waals surface area contributed by atoms with Crippen LogP contribution in [0.4, 0.5) is 0 Å². The summed E-state index contributed by atoms with van der Waals surface area (Å²) in [5.74, 6) is -0.422. The van der Waals surface area contributed by atoms with E-state index >= 15 is 0 Å². The van der Waals surface area contributed by atoms with Crippen LogP contribution in [-0.4, -0.2) is 28.5 Å². The van der Waals surface area contributed by atoms with Crippen LogP contribution in [0.5, 0.6) is 0 Å². The Bertz CT molecular complexity index is 940. The second-order valence-corrected chi connectivity index (χ2v) is 9.48. The summed E-state index contributed by atoms with van der Waals surface area (Å²) in [6.07, 6.45) is 4.06. The number of fused-ring (bicyclic) bond motifs is 1. The Morgan fingerprint density at radius 1 is 1.29 bits per heavy atom. The van der Waals surface area contributed by atoms with E-state index in [1.807, 2.05) is 12.1 Å². The van der Waals surface area contributed by atoms with Crippen molar-refractivity contribution in [3.05, 3.63) is 40.9 Å². The maximum atomic E-state index is 13.2. The van der Waals surface area contributed by atoms with Crippen LogP contribution in [-0.2, 0) is 20.8 Å². The smallest absolute Gasteiger partial charge is 0.224 e. The summed E-state index contributed by atoms with van der Waals surface area (Å²) in [5, 5.41) is 4.57. The van der Waals surface area contributed by atoms with Crippen molar-refractivity contribution in [1.29, 1.82) is 0 Å². The molecule has 1 N–H and O–H groups in total. The molecule has 2 rings (SSSR count). The maximum Gasteiger partial charge on any atom is 0.224 e. The molecule has 31 heavy (non-hydrogen) atoms. The molecule has 5 nitrogen and oxygen atoms in total. The zero-order valence-corrected chi connectivity index (χ0v) is 20.0. The van der Waals surface area contributed by atoms with Crippen molar-refractivity contribution < 1.29 is 14.4 Å². The van der Waals surface area contributed by atoms with Gasteiger partial charge >= 0.3 is 0 Å². The first kappa shape index (κ1) is 25.2. The van der Waals surface area contributed by atoms with Gasteiger partial charge in [-0.1, -0.05) is 45.4 Å². The number of hydrogen-bond acceptors (Lipinski definition) is 5. The topological polar surface area (TPSA) is 76.1 Å². The lowest BCUT2D eigenvalue weighted by Crippen LogP contribution is -2.43. The summed E-state index contributed by atoms with van der Waals surface area (Å²) >= 11 is 7.57. The van der Waals surface area contributed by atoms with Gasteiger partial charge in [-0.2, -0.15) is 0 Å². The van der Waals surface area contributed by atoms with Gasteiger partial charge in [0.25, 0.3) is 0 Å². The molecule has 0 saturated carbocycles. The van der Waals surface area contributed by atoms with E-state index in [0.29, 0.717) is 30.7 Å². The maximum absolute atomic E-state index is 13.2. The standard InChI is InChI=1S/C24H31ClN2O3S/c1-5-15(4)20(11-9-18(28)6-2)27-24(30)16(12-19(29)7-3)13-23-26-21-10-8-17(25)14-22(21)31-23/h6,8,10,14-16,20H,2,5,7,9,11-13H2,1,3-4H3,(H,27,30)/t15-,16-,20+/m0/s1. The fourth-order valence-corrected chi connectivity index (χ4v) is 4.73. The summed E-state index contributed by atoms with van der Waals surface area (Å²) < 4.78 is 0.962. The first-order chi connectivity index (χ1) is 14.8. The van der Waals surface area contributed by atoms with Gasteiger partial charge in [0.05, 0.1) is 21.1 Å². The van der Waals surface area contributed by atoms with Crippen LogP contribution in [0, 0.1) is 11.8 Å². The fourth-order valence-electron chi connectivity index (χ4n) is 3.40. The molecule has 0 bridgehead atoms. The molecule has 7 heteroatoms. The van der Waals surface area contributed by atoms with E-state index in [0.717, 1.165) is 21.6 Å². The van der Waals surface area contributed by atoms with E-state index in [-0.39, 0.29) is 35.9 Å². The fraction of sp³-hybridized carbons (Fsp3) is 0.500. The number of thiazole rings is 1. The Hall–Kier alpha value is -2.05. The highest BCUT2D eigenvalue weighted by atomic mass is 35.5. The van der Waals surface area contributed by atoms with Crippen molar-refractivity contribution in [3.63, 3.8) is 0 Å². The lowest BCUT2D eigenvalue weighted by molar-refractivity contribution is -0.130. The minimum Gasteiger partial charge on any atom is -0.353 e. The number of allylic oxidation sites excluding steroid dienone is 1. The van der Waals surface area contributed by atoms with Crippen molar-refractivity contribution >= 4 is 50.6 Å². The summed E-state index contributed by atoms with van der Waals surface area (Å²) in [7, 11) is 0. The molecule has 0 aliphatic heterocycles. The molecule has 0 unspecified atom stereocenters. The van der Waals surface area contributed by atoms with Gasteiger partial charge in [-0.3, -0.25) is 14.4 Å². The van der Waals surface area contributed by atoms with Crippen molar-refractivity contribution in [2.24, 2.45) is 11.8 Å². The Labute approximate surface area is 193 Å². The molecule has 168 valence electrons. The van der Waals surface area contributed by atoms with Crippen molar-refractivity contribution in [2.75, 3.05) is 0 Å². The van der Waals surface area contributed by atoms with Gasteiger partial charge in [0.1, 0.15) is 5.78 Å². The first-order valence-electron chi connectivity index (χ1n) is 10.8. The lowest BCUT2D eigenvalue weighted by Gasteiger charge is -2.26. The number of Topliss-reactive ketones (excluding diaryl/α,β-unsaturated/α-hetero) is 1. The molecule has 2 aromatic rings. The Kier molecular flexibility index (Phi) is 9.85. The lowest BCUT2D eigenvalue weighted by atomic mass is 9.91. The average Bonchev–Trinajstić information content (AvgIpc) is 3.16. The van der Waals surface area contributed by atoms with Gasteiger partial charge in [-0.15, -0.1) is 11.3 Å². The zero-order valence-electron chi connectivity index (χ0n) is 18.4. The number of aromatic nitrogens is 1. The summed E-state index contributed by atoms with van der Waals surface area (Å²) in [5.41, 5.74) is 0.839. The first-order valence-corrected chi connectivity index (χ1v) is 12.0. The molecule has 1 amide bonds.